The number of carbonyl (C=O) groups excluding carboxylic acids is 1. The van der Waals surface area contributed by atoms with E-state index in [1.165, 1.54) is 18.3 Å². The fraction of sp³-hybridized carbons (Fsp3) is 0.192. The molecule has 7 nitrogen and oxygen atoms in total. The fourth-order valence-corrected chi connectivity index (χ4v) is 7.38. The van der Waals surface area contributed by atoms with Crippen LogP contribution in [0.1, 0.15) is 27.5 Å². The first-order valence-corrected chi connectivity index (χ1v) is 14.0. The molecule has 1 aliphatic heterocycles. The molecule has 3 heterocycles. The van der Waals surface area contributed by atoms with E-state index in [2.05, 4.69) is 10.1 Å². The van der Waals surface area contributed by atoms with Crippen molar-refractivity contribution in [1.82, 2.24) is 19.1 Å². The van der Waals surface area contributed by atoms with Crippen molar-refractivity contribution in [3.8, 4) is 5.69 Å². The SMILES string of the molecule is O=C(c1nccs1)[C@]12Cc3cnn(-c4ccc(F)cc4)c3C=C1CCN(S(=O)(=O)c1cc(F)c(F)c(F)c1)C2. The third-order valence-electron chi connectivity index (χ3n) is 7.11. The third-order valence-corrected chi connectivity index (χ3v) is 9.70. The molecule has 0 amide bonds. The summed E-state index contributed by atoms with van der Waals surface area (Å²) in [5.41, 5.74) is 1.24. The minimum absolute atomic E-state index is 0.0816. The quantitative estimate of drug-likeness (QED) is 0.195. The van der Waals surface area contributed by atoms with Gasteiger partial charge in [0.1, 0.15) is 5.82 Å². The Balaban J connectivity index is 1.44. The van der Waals surface area contributed by atoms with Gasteiger partial charge in [0.2, 0.25) is 15.8 Å². The van der Waals surface area contributed by atoms with E-state index < -0.39 is 43.6 Å². The minimum Gasteiger partial charge on any atom is -0.290 e. The van der Waals surface area contributed by atoms with Crippen LogP contribution in [0.2, 0.25) is 0 Å². The van der Waals surface area contributed by atoms with Crippen molar-refractivity contribution in [1.29, 1.82) is 0 Å². The number of hydrogen-bond acceptors (Lipinski definition) is 6. The third kappa shape index (κ3) is 4.12. The molecule has 200 valence electrons. The number of sulfonamides is 1. The summed E-state index contributed by atoms with van der Waals surface area (Å²) in [5, 5.41) is 6.25. The van der Waals surface area contributed by atoms with Crippen molar-refractivity contribution in [3.05, 3.63) is 99.3 Å². The van der Waals surface area contributed by atoms with Crippen molar-refractivity contribution >= 4 is 33.2 Å². The Bertz CT molecular complexity index is 1730. The van der Waals surface area contributed by atoms with Crippen LogP contribution in [0.25, 0.3) is 11.8 Å². The van der Waals surface area contributed by atoms with Gasteiger partial charge in [-0.2, -0.15) is 9.40 Å². The van der Waals surface area contributed by atoms with Crippen LogP contribution in [-0.2, 0) is 16.4 Å². The lowest BCUT2D eigenvalue weighted by molar-refractivity contribution is 0.0775. The number of nitrogens with zero attached hydrogens (tertiary/aromatic N) is 4. The summed E-state index contributed by atoms with van der Waals surface area (Å²) < 4.78 is 84.4. The molecule has 1 saturated heterocycles. The fourth-order valence-electron chi connectivity index (χ4n) is 5.18. The molecule has 0 spiro atoms. The Kier molecular flexibility index (Phi) is 6.04. The van der Waals surface area contributed by atoms with Gasteiger partial charge in [-0.1, -0.05) is 5.57 Å². The van der Waals surface area contributed by atoms with Gasteiger partial charge < -0.3 is 0 Å². The number of aromatic nitrogens is 3. The number of carbonyl (C=O) groups is 1. The van der Waals surface area contributed by atoms with Gasteiger partial charge >= 0.3 is 0 Å². The van der Waals surface area contributed by atoms with Crippen molar-refractivity contribution in [3.63, 3.8) is 0 Å². The maximum Gasteiger partial charge on any atom is 0.243 e. The Labute approximate surface area is 224 Å². The number of rotatable bonds is 5. The van der Waals surface area contributed by atoms with Gasteiger partial charge in [0.25, 0.3) is 0 Å². The molecule has 0 unspecified atom stereocenters. The first-order chi connectivity index (χ1) is 18.6. The van der Waals surface area contributed by atoms with Crippen LogP contribution in [0.15, 0.2) is 64.6 Å². The van der Waals surface area contributed by atoms with Gasteiger partial charge in [0.15, 0.2) is 22.5 Å². The highest BCUT2D eigenvalue weighted by Gasteiger charge is 2.51. The average molecular weight is 575 g/mol. The Morgan fingerprint density at radius 2 is 1.77 bits per heavy atom. The number of halogens is 4. The maximum atomic E-state index is 14.0. The van der Waals surface area contributed by atoms with E-state index in [9.17, 15) is 30.8 Å². The summed E-state index contributed by atoms with van der Waals surface area (Å²) in [6.45, 7) is -0.400. The molecule has 1 aliphatic carbocycles. The molecule has 0 N–H and O–H groups in total. The highest BCUT2D eigenvalue weighted by Crippen LogP contribution is 2.47. The average Bonchev–Trinajstić information content (AvgIpc) is 3.60. The van der Waals surface area contributed by atoms with E-state index in [1.807, 2.05) is 0 Å². The van der Waals surface area contributed by atoms with Crippen molar-refractivity contribution in [2.75, 3.05) is 13.1 Å². The van der Waals surface area contributed by atoms with Crippen LogP contribution < -0.4 is 0 Å². The molecule has 2 aliphatic rings. The van der Waals surface area contributed by atoms with Crippen LogP contribution >= 0.6 is 11.3 Å². The molecule has 39 heavy (non-hydrogen) atoms. The number of thiazole rings is 1. The molecule has 13 heteroatoms. The second kappa shape index (κ2) is 9.21. The number of piperidine rings is 1. The molecule has 6 rings (SSSR count). The van der Waals surface area contributed by atoms with Crippen LogP contribution in [0.3, 0.4) is 0 Å². The number of Topliss-reactive ketones (excluding diaryl/α,β-unsaturated/α-hetero) is 1. The summed E-state index contributed by atoms with van der Waals surface area (Å²) in [7, 11) is -4.50. The topological polar surface area (TPSA) is 85.2 Å². The zero-order valence-electron chi connectivity index (χ0n) is 19.9. The summed E-state index contributed by atoms with van der Waals surface area (Å²) in [5.74, 6) is -5.82. The Morgan fingerprint density at radius 1 is 1.05 bits per heavy atom. The standard InChI is InChI=1S/C26H18F4N4O3S2/c27-17-1-3-18(4-2-17)34-22-9-16-5-7-33(39(36,37)19-10-20(28)23(30)21(29)11-19)14-26(16,12-15(22)13-32-34)24(35)25-31-6-8-38-25/h1-4,6,8-11,13H,5,7,12,14H2/t26-/m0/s1. The minimum atomic E-state index is -4.50. The normalized spacial score (nSPS) is 19.3. The van der Waals surface area contributed by atoms with Gasteiger partial charge in [0.05, 0.1) is 27.9 Å². The zero-order chi connectivity index (χ0) is 27.5. The second-order valence-electron chi connectivity index (χ2n) is 9.33. The van der Waals surface area contributed by atoms with Gasteiger partial charge in [-0.15, -0.1) is 11.3 Å². The largest absolute Gasteiger partial charge is 0.290 e. The predicted octanol–water partition coefficient (Wildman–Crippen LogP) is 4.79. The zero-order valence-corrected chi connectivity index (χ0v) is 21.6. The molecule has 0 bridgehead atoms. The molecular weight excluding hydrogens is 556 g/mol. The van der Waals surface area contributed by atoms with Gasteiger partial charge in [0, 0.05) is 24.7 Å². The molecule has 0 radical (unpaired) electrons. The Morgan fingerprint density at radius 3 is 2.44 bits per heavy atom. The highest BCUT2D eigenvalue weighted by atomic mass is 32.2. The van der Waals surface area contributed by atoms with Gasteiger partial charge in [-0.25, -0.2) is 35.6 Å². The lowest BCUT2D eigenvalue weighted by atomic mass is 9.66. The first kappa shape index (κ1) is 25.6. The predicted molar refractivity (Wildman–Crippen MR) is 134 cm³/mol. The van der Waals surface area contributed by atoms with Crippen LogP contribution in [0.4, 0.5) is 17.6 Å². The maximum absolute atomic E-state index is 14.0. The second-order valence-corrected chi connectivity index (χ2v) is 12.2. The summed E-state index contributed by atoms with van der Waals surface area (Å²) in [6.07, 6.45) is 5.06. The molecule has 0 saturated carbocycles. The summed E-state index contributed by atoms with van der Waals surface area (Å²) >= 11 is 1.12. The van der Waals surface area contributed by atoms with Gasteiger partial charge in [-0.3, -0.25) is 4.79 Å². The molecule has 2 aromatic heterocycles. The number of benzene rings is 2. The van der Waals surface area contributed by atoms with Gasteiger partial charge in [-0.05, 0) is 60.9 Å². The smallest absolute Gasteiger partial charge is 0.243 e. The van der Waals surface area contributed by atoms with Crippen LogP contribution in [0.5, 0.6) is 0 Å². The van der Waals surface area contributed by atoms with E-state index >= 15 is 0 Å². The van der Waals surface area contributed by atoms with Crippen molar-refractivity contribution in [2.24, 2.45) is 5.41 Å². The lowest BCUT2D eigenvalue weighted by Gasteiger charge is -2.44. The summed E-state index contributed by atoms with van der Waals surface area (Å²) in [6, 6.07) is 6.61. The number of hydrogen-bond donors (Lipinski definition) is 0. The van der Waals surface area contributed by atoms with Crippen molar-refractivity contribution in [2.45, 2.75) is 17.7 Å². The first-order valence-electron chi connectivity index (χ1n) is 11.7. The molecule has 2 aromatic carbocycles. The number of fused-ring (bicyclic) bond motifs is 2. The van der Waals surface area contributed by atoms with E-state index in [0.717, 1.165) is 15.6 Å². The molecule has 4 aromatic rings. The summed E-state index contributed by atoms with van der Waals surface area (Å²) in [4.78, 5) is 17.4. The number of ketones is 1. The van der Waals surface area contributed by atoms with E-state index in [0.29, 0.717) is 34.7 Å². The van der Waals surface area contributed by atoms with E-state index in [-0.39, 0.29) is 36.7 Å². The van der Waals surface area contributed by atoms with Crippen LogP contribution in [-0.4, -0.2) is 46.4 Å². The molecule has 1 atom stereocenters. The Hall–Kier alpha value is -3.68. The van der Waals surface area contributed by atoms with E-state index in [1.54, 1.807) is 34.5 Å². The van der Waals surface area contributed by atoms with Crippen LogP contribution in [0, 0.1) is 28.7 Å². The molecular formula is C26H18F4N4O3S2. The molecule has 1 fully saturated rings. The lowest BCUT2D eigenvalue weighted by Crippen LogP contribution is -2.53. The van der Waals surface area contributed by atoms with Crippen molar-refractivity contribution < 1.29 is 30.8 Å². The highest BCUT2D eigenvalue weighted by molar-refractivity contribution is 7.89. The monoisotopic (exact) mass is 574 g/mol. The van der Waals surface area contributed by atoms with E-state index in [4.69, 9.17) is 0 Å².